The highest BCUT2D eigenvalue weighted by Crippen LogP contribution is 2.20. The molecule has 0 radical (unpaired) electrons. The number of guanidine groups is 1. The predicted octanol–water partition coefficient (Wildman–Crippen LogP) is 3.28. The van der Waals surface area contributed by atoms with Gasteiger partial charge < -0.3 is 15.8 Å². The Morgan fingerprint density at radius 2 is 1.91 bits per heavy atom. The van der Waals surface area contributed by atoms with Crippen LogP contribution in [-0.4, -0.2) is 19.6 Å². The number of ether oxygens (including phenoxy) is 1. The summed E-state index contributed by atoms with van der Waals surface area (Å²) >= 11 is 0. The van der Waals surface area contributed by atoms with E-state index in [1.165, 1.54) is 11.1 Å². The average molecular weight is 297 g/mol. The molecule has 0 saturated heterocycles. The van der Waals surface area contributed by atoms with Crippen molar-refractivity contribution in [2.45, 2.75) is 20.3 Å². The molecule has 22 heavy (non-hydrogen) atoms. The summed E-state index contributed by atoms with van der Waals surface area (Å²) in [5.74, 6) is 1.32. The fourth-order valence-corrected chi connectivity index (χ4v) is 2.31. The smallest absolute Gasteiger partial charge is 0.193 e. The van der Waals surface area contributed by atoms with Gasteiger partial charge in [-0.15, -0.1) is 0 Å². The van der Waals surface area contributed by atoms with E-state index in [1.54, 1.807) is 7.11 Å². The Labute approximate surface area is 132 Å². The molecule has 0 aliphatic heterocycles. The van der Waals surface area contributed by atoms with E-state index >= 15 is 0 Å². The van der Waals surface area contributed by atoms with Crippen LogP contribution in [0.5, 0.6) is 5.75 Å². The van der Waals surface area contributed by atoms with Crippen LogP contribution in [-0.2, 0) is 6.42 Å². The molecule has 0 atom stereocenters. The first-order valence-electron chi connectivity index (χ1n) is 7.35. The summed E-state index contributed by atoms with van der Waals surface area (Å²) in [5, 5.41) is 3.11. The maximum absolute atomic E-state index is 5.93. The Kier molecular flexibility index (Phi) is 5.42. The van der Waals surface area contributed by atoms with Gasteiger partial charge in [-0.25, -0.2) is 0 Å². The van der Waals surface area contributed by atoms with Crippen molar-refractivity contribution in [1.82, 2.24) is 0 Å². The molecular weight excluding hydrogens is 274 g/mol. The van der Waals surface area contributed by atoms with Crippen molar-refractivity contribution in [3.05, 3.63) is 59.2 Å². The molecule has 0 fully saturated rings. The van der Waals surface area contributed by atoms with Gasteiger partial charge in [-0.05, 0) is 49.6 Å². The van der Waals surface area contributed by atoms with Gasteiger partial charge in [0.05, 0.1) is 7.11 Å². The van der Waals surface area contributed by atoms with Gasteiger partial charge in [-0.1, -0.05) is 29.8 Å². The zero-order valence-corrected chi connectivity index (χ0v) is 13.4. The van der Waals surface area contributed by atoms with Crippen molar-refractivity contribution < 1.29 is 4.74 Å². The van der Waals surface area contributed by atoms with Crippen LogP contribution >= 0.6 is 0 Å². The molecule has 0 aliphatic carbocycles. The molecule has 0 amide bonds. The van der Waals surface area contributed by atoms with Gasteiger partial charge in [0.25, 0.3) is 0 Å². The first kappa shape index (κ1) is 15.9. The van der Waals surface area contributed by atoms with Gasteiger partial charge in [0.2, 0.25) is 0 Å². The maximum Gasteiger partial charge on any atom is 0.193 e. The number of benzene rings is 2. The quantitative estimate of drug-likeness (QED) is 0.657. The van der Waals surface area contributed by atoms with Gasteiger partial charge >= 0.3 is 0 Å². The third-order valence-corrected chi connectivity index (χ3v) is 3.39. The van der Waals surface area contributed by atoms with E-state index in [9.17, 15) is 0 Å². The highest BCUT2D eigenvalue weighted by atomic mass is 16.5. The normalized spacial score (nSPS) is 11.3. The number of rotatable bonds is 5. The van der Waals surface area contributed by atoms with Gasteiger partial charge in [0.15, 0.2) is 5.96 Å². The second-order valence-electron chi connectivity index (χ2n) is 5.33. The summed E-state index contributed by atoms with van der Waals surface area (Å²) in [4.78, 5) is 4.38. The van der Waals surface area contributed by atoms with Crippen LogP contribution in [0.1, 0.15) is 16.7 Å². The Morgan fingerprint density at radius 3 is 2.64 bits per heavy atom. The summed E-state index contributed by atoms with van der Waals surface area (Å²) in [6.07, 6.45) is 0.793. The van der Waals surface area contributed by atoms with Crippen molar-refractivity contribution in [3.8, 4) is 5.75 Å². The molecule has 2 rings (SSSR count). The molecule has 3 N–H and O–H groups in total. The SMILES string of the molecule is COc1ccc(C)cc1CCN=C(N)Nc1cccc(C)c1. The minimum Gasteiger partial charge on any atom is -0.496 e. The van der Waals surface area contributed by atoms with Crippen LogP contribution in [0.3, 0.4) is 0 Å². The average Bonchev–Trinajstić information content (AvgIpc) is 2.47. The van der Waals surface area contributed by atoms with E-state index in [0.29, 0.717) is 12.5 Å². The molecule has 2 aromatic carbocycles. The lowest BCUT2D eigenvalue weighted by Gasteiger charge is -2.09. The topological polar surface area (TPSA) is 59.6 Å². The molecule has 0 spiro atoms. The zero-order valence-electron chi connectivity index (χ0n) is 13.4. The van der Waals surface area contributed by atoms with Crippen molar-refractivity contribution in [1.29, 1.82) is 0 Å². The van der Waals surface area contributed by atoms with E-state index in [2.05, 4.69) is 23.3 Å². The fourth-order valence-electron chi connectivity index (χ4n) is 2.31. The van der Waals surface area contributed by atoms with Crippen molar-refractivity contribution in [2.24, 2.45) is 10.7 Å². The highest BCUT2D eigenvalue weighted by molar-refractivity contribution is 5.92. The Bertz CT molecular complexity index is 665. The van der Waals surface area contributed by atoms with Gasteiger partial charge in [0.1, 0.15) is 5.75 Å². The van der Waals surface area contributed by atoms with Crippen LogP contribution in [0.2, 0.25) is 0 Å². The predicted molar refractivity (Wildman–Crippen MR) is 92.7 cm³/mol. The molecule has 0 unspecified atom stereocenters. The van der Waals surface area contributed by atoms with E-state index in [-0.39, 0.29) is 0 Å². The number of aliphatic imine (C=N–C) groups is 1. The Morgan fingerprint density at radius 1 is 1.14 bits per heavy atom. The number of aryl methyl sites for hydroxylation is 2. The van der Waals surface area contributed by atoms with E-state index in [0.717, 1.165) is 23.4 Å². The van der Waals surface area contributed by atoms with Crippen molar-refractivity contribution in [2.75, 3.05) is 19.0 Å². The monoisotopic (exact) mass is 297 g/mol. The molecule has 2 aromatic rings. The van der Waals surface area contributed by atoms with E-state index < -0.39 is 0 Å². The van der Waals surface area contributed by atoms with Crippen LogP contribution in [0, 0.1) is 13.8 Å². The van der Waals surface area contributed by atoms with Crippen molar-refractivity contribution >= 4 is 11.6 Å². The molecular formula is C18H23N3O. The lowest BCUT2D eigenvalue weighted by Crippen LogP contribution is -2.23. The van der Waals surface area contributed by atoms with Crippen LogP contribution < -0.4 is 15.8 Å². The lowest BCUT2D eigenvalue weighted by atomic mass is 10.1. The Hall–Kier alpha value is -2.49. The maximum atomic E-state index is 5.93. The number of hydrogen-bond donors (Lipinski definition) is 2. The summed E-state index contributed by atoms with van der Waals surface area (Å²) in [6.45, 7) is 4.73. The minimum absolute atomic E-state index is 0.428. The van der Waals surface area contributed by atoms with E-state index in [1.807, 2.05) is 43.3 Å². The molecule has 4 heteroatoms. The number of nitrogens with two attached hydrogens (primary N) is 1. The van der Waals surface area contributed by atoms with Gasteiger partial charge in [-0.3, -0.25) is 4.99 Å². The van der Waals surface area contributed by atoms with Crippen LogP contribution in [0.15, 0.2) is 47.5 Å². The summed E-state index contributed by atoms with van der Waals surface area (Å²) in [7, 11) is 1.69. The molecule has 0 aromatic heterocycles. The molecule has 0 bridgehead atoms. The molecule has 0 aliphatic rings. The second kappa shape index (κ2) is 7.50. The number of nitrogens with one attached hydrogen (secondary N) is 1. The number of methoxy groups -OCH3 is 1. The molecule has 116 valence electrons. The standard InChI is InChI=1S/C18H23N3O/c1-13-5-4-6-16(12-13)21-18(19)20-10-9-15-11-14(2)7-8-17(15)22-3/h4-8,11-12H,9-10H2,1-3H3,(H3,19,20,21). The first-order chi connectivity index (χ1) is 10.6. The van der Waals surface area contributed by atoms with Crippen molar-refractivity contribution in [3.63, 3.8) is 0 Å². The van der Waals surface area contributed by atoms with Gasteiger partial charge in [0, 0.05) is 12.2 Å². The number of hydrogen-bond acceptors (Lipinski definition) is 2. The summed E-state index contributed by atoms with van der Waals surface area (Å²) in [5.41, 5.74) is 10.4. The van der Waals surface area contributed by atoms with Crippen LogP contribution in [0.25, 0.3) is 0 Å². The number of nitrogens with zero attached hydrogens (tertiary/aromatic N) is 1. The Balaban J connectivity index is 1.96. The lowest BCUT2D eigenvalue weighted by molar-refractivity contribution is 0.409. The van der Waals surface area contributed by atoms with Crippen LogP contribution in [0.4, 0.5) is 5.69 Å². The molecule has 0 heterocycles. The first-order valence-corrected chi connectivity index (χ1v) is 7.35. The fraction of sp³-hybridized carbons (Fsp3) is 0.278. The molecule has 0 saturated carbocycles. The largest absolute Gasteiger partial charge is 0.496 e. The third-order valence-electron chi connectivity index (χ3n) is 3.39. The second-order valence-corrected chi connectivity index (χ2v) is 5.33. The van der Waals surface area contributed by atoms with E-state index in [4.69, 9.17) is 10.5 Å². The summed E-state index contributed by atoms with van der Waals surface area (Å²) in [6, 6.07) is 14.2. The number of anilines is 1. The summed E-state index contributed by atoms with van der Waals surface area (Å²) < 4.78 is 5.37. The zero-order chi connectivity index (χ0) is 15.9. The molecule has 4 nitrogen and oxygen atoms in total. The third kappa shape index (κ3) is 4.52. The minimum atomic E-state index is 0.428. The highest BCUT2D eigenvalue weighted by Gasteiger charge is 2.03. The van der Waals surface area contributed by atoms with Gasteiger partial charge in [-0.2, -0.15) is 0 Å².